The maximum atomic E-state index is 11.2. The van der Waals surface area contributed by atoms with E-state index in [1.165, 1.54) is 24.1 Å². The highest BCUT2D eigenvalue weighted by atomic mass is 32.1. The minimum Gasteiger partial charge on any atom is -0.387 e. The third-order valence-corrected chi connectivity index (χ3v) is 4.74. The third-order valence-electron chi connectivity index (χ3n) is 3.62. The van der Waals surface area contributed by atoms with Crippen molar-refractivity contribution in [2.45, 2.75) is 37.5 Å². The Kier molecular flexibility index (Phi) is 4.18. The van der Waals surface area contributed by atoms with Gasteiger partial charge in [-0.3, -0.25) is 4.79 Å². The van der Waals surface area contributed by atoms with Crippen molar-refractivity contribution in [1.82, 2.24) is 5.32 Å². The van der Waals surface area contributed by atoms with Crippen molar-refractivity contribution in [3.05, 3.63) is 22.4 Å². The summed E-state index contributed by atoms with van der Waals surface area (Å²) in [6.07, 6.45) is 6.03. The number of thiophene rings is 1. The van der Waals surface area contributed by atoms with E-state index in [1.807, 2.05) is 0 Å². The lowest BCUT2D eigenvalue weighted by Crippen LogP contribution is -2.42. The van der Waals surface area contributed by atoms with E-state index >= 15 is 0 Å². The summed E-state index contributed by atoms with van der Waals surface area (Å²) in [5, 5.41) is 13.7. The molecular weight excluding hydrogens is 234 g/mol. The standard InChI is InChI=1S/C13H19NO2S/c15-9-12(16)14-10-13(6-2-1-3-7-13)11-5-4-8-17-11/h4-5,8,15H,1-3,6-7,9-10H2,(H,14,16). The molecule has 0 aliphatic heterocycles. The molecule has 1 amide bonds. The van der Waals surface area contributed by atoms with Gasteiger partial charge in [-0.2, -0.15) is 0 Å². The van der Waals surface area contributed by atoms with Crippen molar-refractivity contribution in [2.24, 2.45) is 0 Å². The van der Waals surface area contributed by atoms with Crippen LogP contribution in [-0.4, -0.2) is 24.2 Å². The normalized spacial score (nSPS) is 18.9. The Morgan fingerprint density at radius 1 is 1.41 bits per heavy atom. The molecular formula is C13H19NO2S. The SMILES string of the molecule is O=C(CO)NCC1(c2cccs2)CCCCC1. The molecule has 0 bridgehead atoms. The van der Waals surface area contributed by atoms with Gasteiger partial charge < -0.3 is 10.4 Å². The Morgan fingerprint density at radius 3 is 2.76 bits per heavy atom. The molecule has 1 aliphatic rings. The molecule has 0 saturated heterocycles. The van der Waals surface area contributed by atoms with E-state index in [1.54, 1.807) is 11.3 Å². The van der Waals surface area contributed by atoms with Crippen molar-refractivity contribution in [2.75, 3.05) is 13.2 Å². The van der Waals surface area contributed by atoms with Crippen molar-refractivity contribution < 1.29 is 9.90 Å². The highest BCUT2D eigenvalue weighted by molar-refractivity contribution is 7.10. The fourth-order valence-corrected chi connectivity index (χ4v) is 3.63. The zero-order valence-corrected chi connectivity index (χ0v) is 10.8. The van der Waals surface area contributed by atoms with Gasteiger partial charge in [0.25, 0.3) is 0 Å². The average Bonchev–Trinajstić information content (AvgIpc) is 2.91. The first kappa shape index (κ1) is 12.6. The van der Waals surface area contributed by atoms with Crippen LogP contribution in [-0.2, 0) is 10.2 Å². The molecule has 1 saturated carbocycles. The second-order valence-electron chi connectivity index (χ2n) is 4.75. The van der Waals surface area contributed by atoms with Gasteiger partial charge in [-0.15, -0.1) is 11.3 Å². The van der Waals surface area contributed by atoms with Gasteiger partial charge in [-0.25, -0.2) is 0 Å². The van der Waals surface area contributed by atoms with E-state index in [-0.39, 0.29) is 11.3 Å². The number of rotatable bonds is 4. The molecule has 0 radical (unpaired) electrons. The zero-order chi connectivity index (χ0) is 12.1. The highest BCUT2D eigenvalue weighted by Crippen LogP contribution is 2.40. The van der Waals surface area contributed by atoms with Crippen LogP contribution in [0, 0.1) is 0 Å². The first-order chi connectivity index (χ1) is 8.27. The molecule has 4 heteroatoms. The first-order valence-electron chi connectivity index (χ1n) is 6.18. The van der Waals surface area contributed by atoms with Crippen molar-refractivity contribution in [1.29, 1.82) is 0 Å². The van der Waals surface area contributed by atoms with Crippen LogP contribution in [0.25, 0.3) is 0 Å². The Morgan fingerprint density at radius 2 is 2.18 bits per heavy atom. The number of aliphatic hydroxyl groups excluding tert-OH is 1. The minimum atomic E-state index is -0.416. The molecule has 0 atom stereocenters. The van der Waals surface area contributed by atoms with E-state index < -0.39 is 6.61 Å². The maximum absolute atomic E-state index is 11.2. The second kappa shape index (κ2) is 5.65. The largest absolute Gasteiger partial charge is 0.387 e. The fourth-order valence-electron chi connectivity index (χ4n) is 2.64. The first-order valence-corrected chi connectivity index (χ1v) is 7.06. The van der Waals surface area contributed by atoms with Gasteiger partial charge in [-0.05, 0) is 24.3 Å². The molecule has 3 nitrogen and oxygen atoms in total. The highest BCUT2D eigenvalue weighted by Gasteiger charge is 2.34. The van der Waals surface area contributed by atoms with Gasteiger partial charge in [0.1, 0.15) is 6.61 Å². The molecule has 0 unspecified atom stereocenters. The van der Waals surface area contributed by atoms with Crippen molar-refractivity contribution >= 4 is 17.2 Å². The Balaban J connectivity index is 2.10. The summed E-state index contributed by atoms with van der Waals surface area (Å²) in [5.74, 6) is -0.272. The summed E-state index contributed by atoms with van der Waals surface area (Å²) >= 11 is 1.77. The van der Waals surface area contributed by atoms with E-state index in [9.17, 15) is 4.79 Å². The van der Waals surface area contributed by atoms with Crippen LogP contribution in [0.5, 0.6) is 0 Å². The topological polar surface area (TPSA) is 49.3 Å². The molecule has 94 valence electrons. The van der Waals surface area contributed by atoms with Crippen LogP contribution in [0.4, 0.5) is 0 Å². The number of carbonyl (C=O) groups is 1. The van der Waals surface area contributed by atoms with Crippen LogP contribution in [0.2, 0.25) is 0 Å². The lowest BCUT2D eigenvalue weighted by Gasteiger charge is -2.36. The van der Waals surface area contributed by atoms with Gasteiger partial charge in [-0.1, -0.05) is 25.3 Å². The quantitative estimate of drug-likeness (QED) is 0.863. The van der Waals surface area contributed by atoms with Gasteiger partial charge in [0.2, 0.25) is 5.91 Å². The number of carbonyl (C=O) groups excluding carboxylic acids is 1. The Labute approximate surface area is 106 Å². The molecule has 2 rings (SSSR count). The predicted molar refractivity (Wildman–Crippen MR) is 69.2 cm³/mol. The van der Waals surface area contributed by atoms with Gasteiger partial charge >= 0.3 is 0 Å². The molecule has 17 heavy (non-hydrogen) atoms. The lowest BCUT2D eigenvalue weighted by atomic mass is 9.73. The summed E-state index contributed by atoms with van der Waals surface area (Å²) in [6.45, 7) is 0.243. The number of aliphatic hydroxyl groups is 1. The number of hydrogen-bond donors (Lipinski definition) is 2. The monoisotopic (exact) mass is 253 g/mol. The predicted octanol–water partition coefficient (Wildman–Crippen LogP) is 2.06. The average molecular weight is 253 g/mol. The van der Waals surface area contributed by atoms with Crippen LogP contribution < -0.4 is 5.32 Å². The fraction of sp³-hybridized carbons (Fsp3) is 0.615. The molecule has 1 aromatic rings. The summed E-state index contributed by atoms with van der Waals surface area (Å²) in [6, 6.07) is 4.24. The summed E-state index contributed by atoms with van der Waals surface area (Å²) in [4.78, 5) is 12.6. The molecule has 0 aromatic carbocycles. The van der Waals surface area contributed by atoms with Gasteiger partial charge in [0, 0.05) is 16.8 Å². The third kappa shape index (κ3) is 2.87. The molecule has 0 spiro atoms. The van der Waals surface area contributed by atoms with Crippen LogP contribution in [0.3, 0.4) is 0 Å². The van der Waals surface area contributed by atoms with E-state index in [0.717, 1.165) is 12.8 Å². The summed E-state index contributed by atoms with van der Waals surface area (Å²) in [7, 11) is 0. The van der Waals surface area contributed by atoms with Crippen molar-refractivity contribution in [3.63, 3.8) is 0 Å². The number of hydrogen-bond acceptors (Lipinski definition) is 3. The minimum absolute atomic E-state index is 0.108. The van der Waals surface area contributed by atoms with Crippen molar-refractivity contribution in [3.8, 4) is 0 Å². The van der Waals surface area contributed by atoms with Gasteiger partial charge in [0.05, 0.1) is 0 Å². The molecule has 1 aromatic heterocycles. The maximum Gasteiger partial charge on any atom is 0.245 e. The second-order valence-corrected chi connectivity index (χ2v) is 5.70. The van der Waals surface area contributed by atoms with Crippen LogP contribution in [0.1, 0.15) is 37.0 Å². The lowest BCUT2D eigenvalue weighted by molar-refractivity contribution is -0.124. The smallest absolute Gasteiger partial charge is 0.245 e. The van der Waals surface area contributed by atoms with Crippen LogP contribution >= 0.6 is 11.3 Å². The summed E-state index contributed by atoms with van der Waals surface area (Å²) < 4.78 is 0. The molecule has 1 heterocycles. The Bertz CT molecular complexity index is 356. The number of nitrogens with one attached hydrogen (secondary N) is 1. The van der Waals surface area contributed by atoms with Crippen LogP contribution in [0.15, 0.2) is 17.5 Å². The zero-order valence-electron chi connectivity index (χ0n) is 9.95. The molecule has 1 fully saturated rings. The van der Waals surface area contributed by atoms with E-state index in [2.05, 4.69) is 22.8 Å². The van der Waals surface area contributed by atoms with E-state index in [4.69, 9.17) is 5.11 Å². The molecule has 1 aliphatic carbocycles. The van der Waals surface area contributed by atoms with E-state index in [0.29, 0.717) is 6.54 Å². The Hall–Kier alpha value is -0.870. The molecule has 2 N–H and O–H groups in total. The number of amides is 1. The summed E-state index contributed by atoms with van der Waals surface area (Å²) in [5.41, 5.74) is 0.108. The van der Waals surface area contributed by atoms with Gasteiger partial charge in [0.15, 0.2) is 0 Å².